The first-order valence-corrected chi connectivity index (χ1v) is 13.0. The van der Waals surface area contributed by atoms with E-state index < -0.39 is 25.6 Å². The number of carbonyl (C=O) groups excluding carboxylic acids is 1. The van der Waals surface area contributed by atoms with E-state index in [1.54, 1.807) is 17.5 Å². The van der Waals surface area contributed by atoms with Crippen LogP contribution < -0.4 is 4.72 Å². The van der Waals surface area contributed by atoms with Crippen LogP contribution in [0.15, 0.2) is 21.7 Å². The Hall–Kier alpha value is -0.970. The van der Waals surface area contributed by atoms with E-state index in [0.717, 1.165) is 24.2 Å². The molecule has 0 atom stereocenters. The quantitative estimate of drug-likeness (QED) is 0.610. The molecule has 2 heterocycles. The van der Waals surface area contributed by atoms with Crippen LogP contribution in [-0.2, 0) is 24.7 Å². The summed E-state index contributed by atoms with van der Waals surface area (Å²) in [6.45, 7) is 2.72. The largest absolute Gasteiger partial charge is 0.342 e. The van der Waals surface area contributed by atoms with E-state index in [2.05, 4.69) is 4.72 Å². The lowest BCUT2D eigenvalue weighted by atomic mass is 10.1. The van der Waals surface area contributed by atoms with Crippen molar-refractivity contribution in [2.24, 2.45) is 0 Å². The van der Waals surface area contributed by atoms with Gasteiger partial charge >= 0.3 is 0 Å². The number of thiophene rings is 1. The number of carbonyl (C=O) groups is 1. The maximum atomic E-state index is 12.2. The molecule has 1 aromatic heterocycles. The first-order valence-electron chi connectivity index (χ1n) is 8.77. The van der Waals surface area contributed by atoms with Crippen molar-refractivity contribution in [3.63, 3.8) is 0 Å². The molecule has 0 radical (unpaired) electrons. The van der Waals surface area contributed by atoms with Crippen molar-refractivity contribution in [3.05, 3.63) is 17.5 Å². The van der Waals surface area contributed by atoms with Crippen molar-refractivity contribution in [3.8, 4) is 0 Å². The molecule has 1 aliphatic rings. The van der Waals surface area contributed by atoms with Crippen LogP contribution in [0.5, 0.6) is 0 Å². The summed E-state index contributed by atoms with van der Waals surface area (Å²) < 4.78 is 51.4. The second-order valence-corrected chi connectivity index (χ2v) is 11.6. The minimum Gasteiger partial charge on any atom is -0.342 e. The average molecular weight is 423 g/mol. The van der Waals surface area contributed by atoms with Gasteiger partial charge in [0.2, 0.25) is 15.9 Å². The summed E-state index contributed by atoms with van der Waals surface area (Å²) in [5, 5.41) is 1.71. The van der Waals surface area contributed by atoms with Crippen molar-refractivity contribution in [1.29, 1.82) is 0 Å². The topological polar surface area (TPSA) is 101 Å². The summed E-state index contributed by atoms with van der Waals surface area (Å²) in [6, 6.07) is 2.99. The van der Waals surface area contributed by atoms with Crippen molar-refractivity contribution in [2.45, 2.75) is 49.3 Å². The Morgan fingerprint density at radius 3 is 2.50 bits per heavy atom. The number of likely N-dealkylation sites (tertiary alicyclic amines) is 1. The maximum absolute atomic E-state index is 12.2. The normalized spacial score (nSPS) is 16.7. The van der Waals surface area contributed by atoms with Gasteiger partial charge in [0.1, 0.15) is 9.96 Å². The van der Waals surface area contributed by atoms with Gasteiger partial charge < -0.3 is 4.90 Å². The zero-order chi connectivity index (χ0) is 19.2. The highest BCUT2D eigenvalue weighted by Crippen LogP contribution is 2.19. The molecule has 0 aromatic carbocycles. The predicted molar refractivity (Wildman–Crippen MR) is 102 cm³/mol. The monoisotopic (exact) mass is 422 g/mol. The number of hydrogen-bond donors (Lipinski definition) is 1. The van der Waals surface area contributed by atoms with Gasteiger partial charge in [-0.1, -0.05) is 25.8 Å². The minimum absolute atomic E-state index is 0.0453. The van der Waals surface area contributed by atoms with Gasteiger partial charge in [0, 0.05) is 19.1 Å². The fourth-order valence-electron chi connectivity index (χ4n) is 2.86. The number of amides is 1. The Morgan fingerprint density at radius 1 is 1.23 bits per heavy atom. The van der Waals surface area contributed by atoms with Crippen LogP contribution in [0.2, 0.25) is 0 Å². The highest BCUT2D eigenvalue weighted by molar-refractivity contribution is 7.92. The molecule has 1 fully saturated rings. The van der Waals surface area contributed by atoms with Crippen LogP contribution in [0.1, 0.15) is 39.0 Å². The van der Waals surface area contributed by atoms with E-state index >= 15 is 0 Å². The summed E-state index contributed by atoms with van der Waals surface area (Å²) in [4.78, 5) is 13.8. The molecule has 0 saturated carbocycles. The molecule has 0 spiro atoms. The zero-order valence-electron chi connectivity index (χ0n) is 14.9. The summed E-state index contributed by atoms with van der Waals surface area (Å²) in [7, 11) is -6.90. The second kappa shape index (κ2) is 9.29. The SMILES string of the molecule is CCCCCS(=O)(=O)CC(=O)N1CCC(NS(=O)(=O)c2cccs2)CC1. The first kappa shape index (κ1) is 21.3. The highest BCUT2D eigenvalue weighted by atomic mass is 32.2. The number of sulfone groups is 1. The zero-order valence-corrected chi connectivity index (χ0v) is 17.3. The molecule has 0 bridgehead atoms. The molecule has 1 amide bonds. The van der Waals surface area contributed by atoms with Crippen molar-refractivity contribution >= 4 is 37.1 Å². The Bertz CT molecular complexity index is 780. The summed E-state index contributed by atoms with van der Waals surface area (Å²) in [5.41, 5.74) is 0. The van der Waals surface area contributed by atoms with Crippen LogP contribution in [0.25, 0.3) is 0 Å². The Kier molecular flexibility index (Phi) is 7.63. The van der Waals surface area contributed by atoms with Crippen LogP contribution >= 0.6 is 11.3 Å². The molecule has 1 aromatic rings. The molecular formula is C16H26N2O5S3. The van der Waals surface area contributed by atoms with Gasteiger partial charge in [-0.15, -0.1) is 11.3 Å². The summed E-state index contributed by atoms with van der Waals surface area (Å²) in [5.74, 6) is -0.799. The predicted octanol–water partition coefficient (Wildman–Crippen LogP) is 1.62. The van der Waals surface area contributed by atoms with Gasteiger partial charge in [0.25, 0.3) is 0 Å². The van der Waals surface area contributed by atoms with Crippen LogP contribution in [0.4, 0.5) is 0 Å². The Morgan fingerprint density at radius 2 is 1.92 bits per heavy atom. The average Bonchev–Trinajstić information content (AvgIpc) is 3.10. The van der Waals surface area contributed by atoms with Gasteiger partial charge in [-0.05, 0) is 30.7 Å². The third kappa shape index (κ3) is 6.33. The lowest BCUT2D eigenvalue weighted by Gasteiger charge is -2.32. The van der Waals surface area contributed by atoms with Crippen molar-refractivity contribution < 1.29 is 21.6 Å². The molecule has 0 aliphatic carbocycles. The molecule has 2 rings (SSSR count). The first-order chi connectivity index (χ1) is 12.2. The number of unbranched alkanes of at least 4 members (excludes halogenated alkanes) is 2. The number of nitrogens with one attached hydrogen (secondary N) is 1. The summed E-state index contributed by atoms with van der Waals surface area (Å²) in [6.07, 6.45) is 3.30. The second-order valence-electron chi connectivity index (χ2n) is 6.51. The Labute approximate surface area is 159 Å². The Balaban J connectivity index is 1.81. The molecule has 7 nitrogen and oxygen atoms in total. The molecule has 1 aliphatic heterocycles. The third-order valence-corrected chi connectivity index (χ3v) is 8.85. The summed E-state index contributed by atoms with van der Waals surface area (Å²) >= 11 is 1.16. The number of piperidine rings is 1. The van der Waals surface area contributed by atoms with Gasteiger partial charge in [-0.25, -0.2) is 21.6 Å². The fourth-order valence-corrected chi connectivity index (χ4v) is 6.53. The van der Waals surface area contributed by atoms with Crippen LogP contribution in [0, 0.1) is 0 Å². The smallest absolute Gasteiger partial charge is 0.250 e. The molecule has 26 heavy (non-hydrogen) atoms. The van der Waals surface area contributed by atoms with Crippen molar-refractivity contribution in [2.75, 3.05) is 24.6 Å². The van der Waals surface area contributed by atoms with Gasteiger partial charge in [-0.2, -0.15) is 0 Å². The number of rotatable bonds is 9. The van der Waals surface area contributed by atoms with Gasteiger partial charge in [0.05, 0.1) is 5.75 Å². The van der Waals surface area contributed by atoms with Gasteiger partial charge in [-0.3, -0.25) is 4.79 Å². The van der Waals surface area contributed by atoms with Gasteiger partial charge in [0.15, 0.2) is 9.84 Å². The molecule has 1 N–H and O–H groups in total. The third-order valence-electron chi connectivity index (χ3n) is 4.33. The van der Waals surface area contributed by atoms with E-state index in [9.17, 15) is 21.6 Å². The molecule has 148 valence electrons. The molecule has 10 heteroatoms. The lowest BCUT2D eigenvalue weighted by Crippen LogP contribution is -2.47. The highest BCUT2D eigenvalue weighted by Gasteiger charge is 2.28. The number of sulfonamides is 1. The molecular weight excluding hydrogens is 396 g/mol. The fraction of sp³-hybridized carbons (Fsp3) is 0.688. The molecule has 0 unspecified atom stereocenters. The molecule has 1 saturated heterocycles. The van der Waals surface area contributed by atoms with E-state index in [1.807, 2.05) is 6.92 Å². The number of hydrogen-bond acceptors (Lipinski definition) is 6. The van der Waals surface area contributed by atoms with Crippen molar-refractivity contribution in [1.82, 2.24) is 9.62 Å². The van der Waals surface area contributed by atoms with Crippen LogP contribution in [0.3, 0.4) is 0 Å². The maximum Gasteiger partial charge on any atom is 0.250 e. The van der Waals surface area contributed by atoms with E-state index in [0.29, 0.717) is 32.4 Å². The minimum atomic E-state index is -3.53. The standard InChI is InChI=1S/C16H26N2O5S3/c1-2-3-4-12-25(20,21)13-15(19)18-9-7-14(8-10-18)17-26(22,23)16-6-5-11-24-16/h5-6,11,14,17H,2-4,7-10,12-13H2,1H3. The van der Waals surface area contributed by atoms with E-state index in [-0.39, 0.29) is 21.9 Å². The van der Waals surface area contributed by atoms with Crippen LogP contribution in [-0.4, -0.2) is 58.3 Å². The lowest BCUT2D eigenvalue weighted by molar-refractivity contribution is -0.129. The van der Waals surface area contributed by atoms with E-state index in [1.165, 1.54) is 4.90 Å². The van der Waals surface area contributed by atoms with E-state index in [4.69, 9.17) is 0 Å². The number of nitrogens with zero attached hydrogens (tertiary/aromatic N) is 1.